The van der Waals surface area contributed by atoms with Crippen molar-refractivity contribution in [3.8, 4) is 11.5 Å². The number of carbonyl (C=O) groups is 1. The molecule has 4 nitrogen and oxygen atoms in total. The first-order chi connectivity index (χ1) is 7.71. The lowest BCUT2D eigenvalue weighted by Gasteiger charge is -2.12. The Morgan fingerprint density at radius 3 is 2.81 bits per heavy atom. The van der Waals surface area contributed by atoms with Crippen LogP contribution in [-0.4, -0.2) is 31.2 Å². The van der Waals surface area contributed by atoms with Gasteiger partial charge in [0.25, 0.3) is 0 Å². The Morgan fingerprint density at radius 1 is 1.50 bits per heavy atom. The van der Waals surface area contributed by atoms with Crippen LogP contribution in [0.1, 0.15) is 23.7 Å². The Hall–Kier alpha value is -1.55. The third kappa shape index (κ3) is 3.24. The van der Waals surface area contributed by atoms with Gasteiger partial charge < -0.3 is 14.6 Å². The van der Waals surface area contributed by atoms with Crippen molar-refractivity contribution < 1.29 is 19.4 Å². The lowest BCUT2D eigenvalue weighted by atomic mass is 10.2. The van der Waals surface area contributed by atoms with Crippen LogP contribution in [0.3, 0.4) is 0 Å². The largest absolute Gasteiger partial charge is 0.497 e. The minimum Gasteiger partial charge on any atom is -0.497 e. The van der Waals surface area contributed by atoms with Gasteiger partial charge in [-0.05, 0) is 24.6 Å². The fraction of sp³-hybridized carbons (Fsp3) is 0.417. The van der Waals surface area contributed by atoms with Crippen molar-refractivity contribution in [1.29, 1.82) is 0 Å². The number of benzene rings is 1. The lowest BCUT2D eigenvalue weighted by Crippen LogP contribution is -2.16. The number of aliphatic hydroxyl groups is 1. The average molecular weight is 224 g/mol. The number of rotatable bonds is 6. The Kier molecular flexibility index (Phi) is 4.79. The molecule has 1 N–H and O–H groups in total. The van der Waals surface area contributed by atoms with Crippen LogP contribution in [0, 0.1) is 0 Å². The standard InChI is InChI=1S/C12H16O4/c1-3-10(14)8-16-12-5-4-11(15-2)6-9(12)7-13/h4-7,10,14H,3,8H2,1-2H3. The quantitative estimate of drug-likeness (QED) is 0.746. The van der Waals surface area contributed by atoms with Crippen LogP contribution >= 0.6 is 0 Å². The molecule has 1 aromatic carbocycles. The highest BCUT2D eigenvalue weighted by molar-refractivity contribution is 5.80. The number of hydrogen-bond acceptors (Lipinski definition) is 4. The zero-order valence-corrected chi connectivity index (χ0v) is 9.47. The van der Waals surface area contributed by atoms with Gasteiger partial charge >= 0.3 is 0 Å². The molecular formula is C12H16O4. The molecule has 1 unspecified atom stereocenters. The molecule has 0 spiro atoms. The summed E-state index contributed by atoms with van der Waals surface area (Å²) in [5.41, 5.74) is 0.419. The van der Waals surface area contributed by atoms with Crippen LogP contribution in [0.4, 0.5) is 0 Å². The third-order valence-electron chi connectivity index (χ3n) is 2.25. The molecule has 0 amide bonds. The van der Waals surface area contributed by atoms with Crippen LogP contribution in [0.2, 0.25) is 0 Å². The zero-order valence-electron chi connectivity index (χ0n) is 9.47. The van der Waals surface area contributed by atoms with Gasteiger partial charge in [0, 0.05) is 0 Å². The van der Waals surface area contributed by atoms with E-state index in [-0.39, 0.29) is 6.61 Å². The van der Waals surface area contributed by atoms with E-state index in [1.165, 1.54) is 7.11 Å². The van der Waals surface area contributed by atoms with E-state index < -0.39 is 6.10 Å². The molecule has 1 rings (SSSR count). The summed E-state index contributed by atoms with van der Waals surface area (Å²) in [6.45, 7) is 2.05. The Bertz CT molecular complexity index is 349. The van der Waals surface area contributed by atoms with Gasteiger partial charge in [0.05, 0.1) is 18.8 Å². The summed E-state index contributed by atoms with van der Waals surface area (Å²) in [6.07, 6.45) is 0.810. The summed E-state index contributed by atoms with van der Waals surface area (Å²) in [4.78, 5) is 10.8. The second-order valence-corrected chi connectivity index (χ2v) is 3.39. The van der Waals surface area contributed by atoms with Crippen molar-refractivity contribution in [3.05, 3.63) is 23.8 Å². The molecule has 88 valence electrons. The normalized spacial score (nSPS) is 11.9. The summed E-state index contributed by atoms with van der Waals surface area (Å²) in [6, 6.07) is 4.96. The van der Waals surface area contributed by atoms with E-state index >= 15 is 0 Å². The number of aliphatic hydroxyl groups excluding tert-OH is 1. The highest BCUT2D eigenvalue weighted by Crippen LogP contribution is 2.22. The average Bonchev–Trinajstić information content (AvgIpc) is 2.35. The summed E-state index contributed by atoms with van der Waals surface area (Å²) in [5, 5.41) is 9.35. The number of aldehydes is 1. The maximum atomic E-state index is 10.8. The van der Waals surface area contributed by atoms with Gasteiger partial charge in [-0.2, -0.15) is 0 Å². The summed E-state index contributed by atoms with van der Waals surface area (Å²) >= 11 is 0. The molecule has 0 bridgehead atoms. The smallest absolute Gasteiger partial charge is 0.153 e. The van der Waals surface area contributed by atoms with Crippen LogP contribution in [0.5, 0.6) is 11.5 Å². The molecule has 0 saturated heterocycles. The van der Waals surface area contributed by atoms with E-state index in [0.29, 0.717) is 29.8 Å². The van der Waals surface area contributed by atoms with Gasteiger partial charge in [0.2, 0.25) is 0 Å². The molecule has 1 atom stereocenters. The number of carbonyl (C=O) groups excluding carboxylic acids is 1. The number of methoxy groups -OCH3 is 1. The van der Waals surface area contributed by atoms with Gasteiger partial charge in [0.1, 0.15) is 18.1 Å². The van der Waals surface area contributed by atoms with Crippen molar-refractivity contribution >= 4 is 6.29 Å². The Balaban J connectivity index is 2.75. The number of ether oxygens (including phenoxy) is 2. The predicted octanol–water partition coefficient (Wildman–Crippen LogP) is 1.66. The molecule has 16 heavy (non-hydrogen) atoms. The molecule has 0 saturated carbocycles. The van der Waals surface area contributed by atoms with E-state index in [9.17, 15) is 9.90 Å². The maximum Gasteiger partial charge on any atom is 0.153 e. The van der Waals surface area contributed by atoms with E-state index in [2.05, 4.69) is 0 Å². The van der Waals surface area contributed by atoms with Crippen molar-refractivity contribution in [2.75, 3.05) is 13.7 Å². The highest BCUT2D eigenvalue weighted by Gasteiger charge is 2.07. The topological polar surface area (TPSA) is 55.8 Å². The second kappa shape index (κ2) is 6.12. The van der Waals surface area contributed by atoms with Crippen molar-refractivity contribution in [2.24, 2.45) is 0 Å². The van der Waals surface area contributed by atoms with Gasteiger partial charge in [-0.1, -0.05) is 6.92 Å². The summed E-state index contributed by atoms with van der Waals surface area (Å²) in [7, 11) is 1.53. The van der Waals surface area contributed by atoms with Crippen molar-refractivity contribution in [3.63, 3.8) is 0 Å². The fourth-order valence-corrected chi connectivity index (χ4v) is 1.18. The molecule has 1 aromatic rings. The second-order valence-electron chi connectivity index (χ2n) is 3.39. The highest BCUT2D eigenvalue weighted by atomic mass is 16.5. The molecule has 0 fully saturated rings. The van der Waals surface area contributed by atoms with Crippen LogP contribution in [-0.2, 0) is 0 Å². The van der Waals surface area contributed by atoms with Gasteiger partial charge in [-0.25, -0.2) is 0 Å². The molecule has 0 radical (unpaired) electrons. The van der Waals surface area contributed by atoms with E-state index in [1.54, 1.807) is 18.2 Å². The lowest BCUT2D eigenvalue weighted by molar-refractivity contribution is 0.101. The van der Waals surface area contributed by atoms with E-state index in [0.717, 1.165) is 0 Å². The first kappa shape index (κ1) is 12.5. The van der Waals surface area contributed by atoms with Gasteiger partial charge in [-0.3, -0.25) is 4.79 Å². The first-order valence-corrected chi connectivity index (χ1v) is 5.15. The number of hydrogen-bond donors (Lipinski definition) is 1. The summed E-state index contributed by atoms with van der Waals surface area (Å²) in [5.74, 6) is 1.06. The van der Waals surface area contributed by atoms with E-state index in [1.807, 2.05) is 6.92 Å². The van der Waals surface area contributed by atoms with Crippen LogP contribution in [0.15, 0.2) is 18.2 Å². The third-order valence-corrected chi connectivity index (χ3v) is 2.25. The minimum absolute atomic E-state index is 0.184. The predicted molar refractivity (Wildman–Crippen MR) is 60.2 cm³/mol. The molecule has 0 aliphatic carbocycles. The van der Waals surface area contributed by atoms with Crippen LogP contribution in [0.25, 0.3) is 0 Å². The zero-order chi connectivity index (χ0) is 12.0. The monoisotopic (exact) mass is 224 g/mol. The van der Waals surface area contributed by atoms with Crippen molar-refractivity contribution in [1.82, 2.24) is 0 Å². The molecule has 0 heterocycles. The molecular weight excluding hydrogens is 208 g/mol. The SMILES string of the molecule is CCC(O)COc1ccc(OC)cc1C=O. The summed E-state index contributed by atoms with van der Waals surface area (Å²) < 4.78 is 10.3. The van der Waals surface area contributed by atoms with E-state index in [4.69, 9.17) is 9.47 Å². The van der Waals surface area contributed by atoms with Crippen molar-refractivity contribution in [2.45, 2.75) is 19.4 Å². The first-order valence-electron chi connectivity index (χ1n) is 5.15. The Labute approximate surface area is 94.8 Å². The van der Waals surface area contributed by atoms with Gasteiger partial charge in [-0.15, -0.1) is 0 Å². The van der Waals surface area contributed by atoms with Crippen LogP contribution < -0.4 is 9.47 Å². The molecule has 0 aromatic heterocycles. The Morgan fingerprint density at radius 2 is 2.25 bits per heavy atom. The molecule has 0 aliphatic heterocycles. The maximum absolute atomic E-state index is 10.8. The minimum atomic E-state index is -0.512. The fourth-order valence-electron chi connectivity index (χ4n) is 1.18. The molecule has 0 aliphatic rings. The van der Waals surface area contributed by atoms with Gasteiger partial charge in [0.15, 0.2) is 6.29 Å². The molecule has 4 heteroatoms.